The average molecular weight is 635 g/mol. The molecule has 2 aliphatic carbocycles. The Hall–Kier alpha value is -4.36. The minimum atomic E-state index is -3.81. The van der Waals surface area contributed by atoms with E-state index < -0.39 is 23.2 Å². The van der Waals surface area contributed by atoms with E-state index in [-0.39, 0.29) is 53.6 Å². The van der Waals surface area contributed by atoms with Gasteiger partial charge in [0, 0.05) is 22.6 Å². The van der Waals surface area contributed by atoms with Crippen LogP contribution in [0.15, 0.2) is 42.5 Å². The minimum Gasteiger partial charge on any atom is -0.489 e. The van der Waals surface area contributed by atoms with E-state index in [1.54, 1.807) is 30.4 Å². The highest BCUT2D eigenvalue weighted by molar-refractivity contribution is 7.18. The van der Waals surface area contributed by atoms with Crippen LogP contribution in [0.25, 0.3) is 21.5 Å². The van der Waals surface area contributed by atoms with Gasteiger partial charge in [0.15, 0.2) is 11.5 Å². The number of pyridine rings is 1. The Morgan fingerprint density at radius 3 is 2.60 bits per heavy atom. The van der Waals surface area contributed by atoms with Crippen LogP contribution in [0.3, 0.4) is 0 Å². The van der Waals surface area contributed by atoms with Crippen LogP contribution in [0.1, 0.15) is 65.1 Å². The largest absolute Gasteiger partial charge is 0.586 e. The molecule has 0 spiro atoms. The van der Waals surface area contributed by atoms with Gasteiger partial charge in [-0.2, -0.15) is 0 Å². The van der Waals surface area contributed by atoms with Gasteiger partial charge in [0.2, 0.25) is 5.91 Å². The van der Waals surface area contributed by atoms with E-state index in [4.69, 9.17) is 15.5 Å². The highest BCUT2D eigenvalue weighted by Crippen LogP contribution is 2.51. The minimum absolute atomic E-state index is 0.0699. The van der Waals surface area contributed by atoms with Gasteiger partial charge in [0.1, 0.15) is 29.1 Å². The standard InChI is InChI=1S/C32H28F2N4O6S/c1-30(29(35)40)14-42-26-19(30)12-24(38-25(26)16-5-9-21-22(10-16)44-32(33,34)43-21)31(41,18-6-7-18)13-36-27(39)17-4-8-20-23(11-17)45-28(37-20)15-2-3-15/h4-5,8-12,15,18,41H,2-3,6-7,13-14H2,1H3,(H2,35,40)(H,36,39)/t30-,31?/m0/s1. The topological polar surface area (TPSA) is 146 Å². The number of aromatic nitrogens is 2. The summed E-state index contributed by atoms with van der Waals surface area (Å²) in [6.45, 7) is 1.41. The third kappa shape index (κ3) is 4.67. The molecule has 4 N–H and O–H groups in total. The third-order valence-corrected chi connectivity index (χ3v) is 10.3. The van der Waals surface area contributed by atoms with Crippen molar-refractivity contribution in [3.05, 3.63) is 64.3 Å². The summed E-state index contributed by atoms with van der Waals surface area (Å²) in [5.41, 5.74) is 5.41. The second kappa shape index (κ2) is 9.57. The van der Waals surface area contributed by atoms with Gasteiger partial charge in [0.25, 0.3) is 5.91 Å². The number of primary amides is 1. The summed E-state index contributed by atoms with van der Waals surface area (Å²) in [4.78, 5) is 35.5. The van der Waals surface area contributed by atoms with Crippen LogP contribution in [0.5, 0.6) is 17.2 Å². The van der Waals surface area contributed by atoms with E-state index in [0.29, 0.717) is 35.4 Å². The number of amides is 2. The van der Waals surface area contributed by atoms with Crippen LogP contribution in [-0.2, 0) is 15.8 Å². The first-order valence-corrected chi connectivity index (χ1v) is 15.6. The number of rotatable bonds is 8. The molecule has 45 heavy (non-hydrogen) atoms. The molecule has 0 bridgehead atoms. The molecule has 2 aromatic carbocycles. The maximum Gasteiger partial charge on any atom is 0.586 e. The fourth-order valence-corrected chi connectivity index (χ4v) is 7.19. The van der Waals surface area contributed by atoms with E-state index in [1.807, 2.05) is 12.1 Å². The average Bonchev–Trinajstić information content (AvgIpc) is 3.94. The van der Waals surface area contributed by atoms with Gasteiger partial charge >= 0.3 is 6.29 Å². The van der Waals surface area contributed by atoms with Gasteiger partial charge < -0.3 is 30.4 Å². The first kappa shape index (κ1) is 28.1. The Labute approximate surface area is 259 Å². The van der Waals surface area contributed by atoms with E-state index in [0.717, 1.165) is 28.1 Å². The van der Waals surface area contributed by atoms with Crippen molar-refractivity contribution in [2.45, 2.75) is 55.8 Å². The number of alkyl halides is 2. The predicted octanol–water partition coefficient (Wildman–Crippen LogP) is 4.72. The van der Waals surface area contributed by atoms with Crippen LogP contribution >= 0.6 is 11.3 Å². The maximum atomic E-state index is 13.8. The Morgan fingerprint density at radius 2 is 1.87 bits per heavy atom. The first-order valence-electron chi connectivity index (χ1n) is 14.7. The number of nitrogens with zero attached hydrogens (tertiary/aromatic N) is 2. The molecule has 232 valence electrons. The van der Waals surface area contributed by atoms with Gasteiger partial charge in [0.05, 0.1) is 27.5 Å². The second-order valence-electron chi connectivity index (χ2n) is 12.4. The van der Waals surface area contributed by atoms with Crippen molar-refractivity contribution in [3.8, 4) is 28.5 Å². The normalized spacial score (nSPS) is 22.5. The summed E-state index contributed by atoms with van der Waals surface area (Å²) in [6, 6.07) is 11.2. The van der Waals surface area contributed by atoms with Gasteiger partial charge in [-0.3, -0.25) is 9.59 Å². The fraction of sp³-hybridized carbons (Fsp3) is 0.375. The molecule has 2 saturated carbocycles. The lowest BCUT2D eigenvalue weighted by Gasteiger charge is -2.30. The van der Waals surface area contributed by atoms with Crippen molar-refractivity contribution in [2.75, 3.05) is 13.2 Å². The summed E-state index contributed by atoms with van der Waals surface area (Å²) in [7, 11) is 0. The lowest BCUT2D eigenvalue weighted by atomic mass is 9.81. The number of fused-ring (bicyclic) bond motifs is 3. The zero-order chi connectivity index (χ0) is 31.3. The van der Waals surface area contributed by atoms with Crippen molar-refractivity contribution in [1.29, 1.82) is 0 Å². The molecule has 4 aliphatic rings. The zero-order valence-electron chi connectivity index (χ0n) is 24.1. The zero-order valence-corrected chi connectivity index (χ0v) is 24.9. The fourth-order valence-electron chi connectivity index (χ4n) is 6.01. The molecule has 0 radical (unpaired) electrons. The third-order valence-electron chi connectivity index (χ3n) is 9.10. The molecule has 2 aromatic heterocycles. The summed E-state index contributed by atoms with van der Waals surface area (Å²) in [6.07, 6.45) is -0.144. The molecule has 13 heteroatoms. The summed E-state index contributed by atoms with van der Waals surface area (Å²) < 4.78 is 43.6. The molecule has 4 aromatic rings. The van der Waals surface area contributed by atoms with Crippen molar-refractivity contribution < 1.29 is 37.7 Å². The number of carbonyl (C=O) groups is 2. The molecule has 2 atom stereocenters. The lowest BCUT2D eigenvalue weighted by Crippen LogP contribution is -2.44. The quantitative estimate of drug-likeness (QED) is 0.253. The van der Waals surface area contributed by atoms with Crippen LogP contribution in [0, 0.1) is 5.92 Å². The van der Waals surface area contributed by atoms with Crippen molar-refractivity contribution in [2.24, 2.45) is 11.7 Å². The number of hydrogen-bond acceptors (Lipinski definition) is 9. The van der Waals surface area contributed by atoms with E-state index in [9.17, 15) is 23.5 Å². The second-order valence-corrected chi connectivity index (χ2v) is 13.5. The van der Waals surface area contributed by atoms with E-state index in [2.05, 4.69) is 19.8 Å². The molecule has 1 unspecified atom stereocenters. The highest BCUT2D eigenvalue weighted by atomic mass is 32.1. The number of hydrogen-bond donors (Lipinski definition) is 3. The van der Waals surface area contributed by atoms with Crippen molar-refractivity contribution in [1.82, 2.24) is 15.3 Å². The van der Waals surface area contributed by atoms with Crippen LogP contribution in [-0.4, -0.2) is 46.3 Å². The number of ether oxygens (including phenoxy) is 3. The van der Waals surface area contributed by atoms with Crippen LogP contribution < -0.4 is 25.3 Å². The van der Waals surface area contributed by atoms with Crippen LogP contribution in [0.2, 0.25) is 0 Å². The Balaban J connectivity index is 1.15. The molecular weight excluding hydrogens is 606 g/mol. The van der Waals surface area contributed by atoms with Gasteiger partial charge in [-0.1, -0.05) is 0 Å². The van der Waals surface area contributed by atoms with Crippen molar-refractivity contribution >= 4 is 33.4 Å². The first-order chi connectivity index (χ1) is 21.4. The maximum absolute atomic E-state index is 13.8. The van der Waals surface area contributed by atoms with Crippen molar-refractivity contribution in [3.63, 3.8) is 0 Å². The number of carbonyl (C=O) groups excluding carboxylic acids is 2. The summed E-state index contributed by atoms with van der Waals surface area (Å²) in [5.74, 6) is -0.798. The molecular formula is C32H28F2N4O6S. The Kier molecular flexibility index (Phi) is 5.98. The van der Waals surface area contributed by atoms with Gasteiger partial charge in [-0.15, -0.1) is 20.1 Å². The number of thiazole rings is 1. The summed E-state index contributed by atoms with van der Waals surface area (Å²) >= 11 is 1.60. The number of halogens is 2. The van der Waals surface area contributed by atoms with E-state index >= 15 is 0 Å². The van der Waals surface area contributed by atoms with Gasteiger partial charge in [-0.25, -0.2) is 9.97 Å². The lowest BCUT2D eigenvalue weighted by molar-refractivity contribution is -0.286. The highest BCUT2D eigenvalue weighted by Gasteiger charge is 2.50. The Morgan fingerprint density at radius 1 is 1.09 bits per heavy atom. The monoisotopic (exact) mass is 634 g/mol. The Bertz CT molecular complexity index is 1930. The smallest absolute Gasteiger partial charge is 0.489 e. The number of nitrogens with one attached hydrogen (secondary N) is 1. The number of aliphatic hydroxyl groups is 1. The number of nitrogens with two attached hydrogens (primary N) is 1. The molecule has 0 saturated heterocycles. The SMILES string of the molecule is C[C@]1(C(N)=O)COc2c1cc(C(O)(CNC(=O)c1ccc3nc(C4CC4)sc3c1)C1CC1)nc2-c1ccc2c(c1)OC(F)(F)O2. The molecule has 2 amide bonds. The molecule has 4 heterocycles. The van der Waals surface area contributed by atoms with Gasteiger partial charge in [-0.05, 0) is 81.0 Å². The molecule has 8 rings (SSSR count). The predicted molar refractivity (Wildman–Crippen MR) is 158 cm³/mol. The van der Waals surface area contributed by atoms with Crippen LogP contribution in [0.4, 0.5) is 8.78 Å². The molecule has 10 nitrogen and oxygen atoms in total. The number of benzene rings is 2. The van der Waals surface area contributed by atoms with E-state index in [1.165, 1.54) is 18.2 Å². The molecule has 2 fully saturated rings. The summed E-state index contributed by atoms with van der Waals surface area (Å²) in [5, 5.41) is 16.2. The molecule has 2 aliphatic heterocycles.